The van der Waals surface area contributed by atoms with Gasteiger partial charge < -0.3 is 10.4 Å². The summed E-state index contributed by atoms with van der Waals surface area (Å²) in [5.41, 5.74) is 3.96. The quantitative estimate of drug-likeness (QED) is 0.673. The summed E-state index contributed by atoms with van der Waals surface area (Å²) in [7, 11) is 0. The minimum atomic E-state index is -0.257. The SMILES string of the molecule is CCn1nc(C)c(-c2cc(C(=O)NC(CO)CCSC)[nH]n2)c1C. The van der Waals surface area contributed by atoms with Crippen molar-refractivity contribution in [3.63, 3.8) is 0 Å². The van der Waals surface area contributed by atoms with Gasteiger partial charge in [-0.25, -0.2) is 0 Å². The van der Waals surface area contributed by atoms with Crippen LogP contribution in [0.5, 0.6) is 0 Å². The van der Waals surface area contributed by atoms with E-state index in [1.165, 1.54) is 0 Å². The maximum absolute atomic E-state index is 12.3. The molecule has 2 rings (SSSR count). The number of rotatable bonds is 8. The van der Waals surface area contributed by atoms with E-state index in [4.69, 9.17) is 0 Å². The van der Waals surface area contributed by atoms with Crippen LogP contribution in [0.15, 0.2) is 6.07 Å². The van der Waals surface area contributed by atoms with E-state index in [0.717, 1.165) is 35.7 Å². The largest absolute Gasteiger partial charge is 0.394 e. The van der Waals surface area contributed by atoms with Crippen LogP contribution in [0.4, 0.5) is 0 Å². The number of aliphatic hydroxyl groups is 1. The van der Waals surface area contributed by atoms with E-state index in [2.05, 4.69) is 20.6 Å². The minimum absolute atomic E-state index is 0.0746. The van der Waals surface area contributed by atoms with Crippen molar-refractivity contribution in [2.24, 2.45) is 0 Å². The molecular weight excluding hydrogens is 326 g/mol. The van der Waals surface area contributed by atoms with E-state index >= 15 is 0 Å². The van der Waals surface area contributed by atoms with E-state index in [1.807, 2.05) is 31.7 Å². The van der Waals surface area contributed by atoms with Crippen molar-refractivity contribution in [3.8, 4) is 11.3 Å². The molecule has 0 radical (unpaired) electrons. The van der Waals surface area contributed by atoms with Gasteiger partial charge in [0.05, 0.1) is 24.0 Å². The fraction of sp³-hybridized carbons (Fsp3) is 0.562. The lowest BCUT2D eigenvalue weighted by molar-refractivity contribution is 0.0910. The average molecular weight is 351 g/mol. The lowest BCUT2D eigenvalue weighted by Crippen LogP contribution is -2.38. The third-order valence-electron chi connectivity index (χ3n) is 3.99. The lowest BCUT2D eigenvalue weighted by atomic mass is 10.1. The molecular formula is C16H25N5O2S. The molecule has 0 aliphatic heterocycles. The van der Waals surface area contributed by atoms with Gasteiger partial charge in [-0.15, -0.1) is 0 Å². The third kappa shape index (κ3) is 3.99. The van der Waals surface area contributed by atoms with Crippen LogP contribution in [0.1, 0.15) is 35.2 Å². The zero-order chi connectivity index (χ0) is 17.7. The number of aliphatic hydroxyl groups excluding tert-OH is 1. The molecule has 1 atom stereocenters. The summed E-state index contributed by atoms with van der Waals surface area (Å²) in [6, 6.07) is 1.48. The lowest BCUT2D eigenvalue weighted by Gasteiger charge is -2.14. The van der Waals surface area contributed by atoms with Crippen molar-refractivity contribution in [1.82, 2.24) is 25.3 Å². The van der Waals surface area contributed by atoms with Gasteiger partial charge in [-0.2, -0.15) is 22.0 Å². The van der Waals surface area contributed by atoms with Crippen LogP contribution in [0.25, 0.3) is 11.3 Å². The van der Waals surface area contributed by atoms with Gasteiger partial charge in [-0.1, -0.05) is 0 Å². The maximum Gasteiger partial charge on any atom is 0.269 e. The van der Waals surface area contributed by atoms with Gasteiger partial charge in [0.25, 0.3) is 5.91 Å². The molecule has 24 heavy (non-hydrogen) atoms. The Hall–Kier alpha value is -1.80. The van der Waals surface area contributed by atoms with Gasteiger partial charge in [0, 0.05) is 17.8 Å². The number of H-pyrrole nitrogens is 1. The summed E-state index contributed by atoms with van der Waals surface area (Å²) >= 11 is 1.69. The van der Waals surface area contributed by atoms with Crippen LogP contribution in [0, 0.1) is 13.8 Å². The van der Waals surface area contributed by atoms with Crippen LogP contribution in [0.2, 0.25) is 0 Å². The number of nitrogens with zero attached hydrogens (tertiary/aromatic N) is 3. The number of nitrogens with one attached hydrogen (secondary N) is 2. The molecule has 0 saturated carbocycles. The van der Waals surface area contributed by atoms with E-state index in [1.54, 1.807) is 17.8 Å². The highest BCUT2D eigenvalue weighted by Gasteiger charge is 2.19. The van der Waals surface area contributed by atoms with Crippen LogP contribution < -0.4 is 5.32 Å². The van der Waals surface area contributed by atoms with Crippen molar-refractivity contribution < 1.29 is 9.90 Å². The van der Waals surface area contributed by atoms with E-state index in [9.17, 15) is 9.90 Å². The van der Waals surface area contributed by atoms with Crippen molar-refractivity contribution >= 4 is 17.7 Å². The van der Waals surface area contributed by atoms with E-state index in [0.29, 0.717) is 11.4 Å². The minimum Gasteiger partial charge on any atom is -0.394 e. The first-order chi connectivity index (χ1) is 11.5. The Morgan fingerprint density at radius 3 is 2.83 bits per heavy atom. The van der Waals surface area contributed by atoms with Crippen LogP contribution in [-0.4, -0.2) is 55.6 Å². The molecule has 0 fully saturated rings. The summed E-state index contributed by atoms with van der Waals surface area (Å²) < 4.78 is 1.92. The Bertz CT molecular complexity index is 695. The van der Waals surface area contributed by atoms with Crippen LogP contribution >= 0.6 is 11.8 Å². The van der Waals surface area contributed by atoms with Gasteiger partial charge >= 0.3 is 0 Å². The van der Waals surface area contributed by atoms with E-state index < -0.39 is 0 Å². The number of carbonyl (C=O) groups is 1. The molecule has 0 bridgehead atoms. The molecule has 0 aromatic carbocycles. The number of aromatic nitrogens is 4. The van der Waals surface area contributed by atoms with Crippen molar-refractivity contribution in [1.29, 1.82) is 0 Å². The second-order valence-electron chi connectivity index (χ2n) is 5.66. The maximum atomic E-state index is 12.3. The molecule has 1 amide bonds. The Kier molecular flexibility index (Phi) is 6.44. The molecule has 8 heteroatoms. The first-order valence-corrected chi connectivity index (χ1v) is 9.41. The van der Waals surface area contributed by atoms with Crippen LogP contribution in [0.3, 0.4) is 0 Å². The number of hydrogen-bond donors (Lipinski definition) is 3. The molecule has 132 valence electrons. The molecule has 0 spiro atoms. The number of carbonyl (C=O) groups excluding carboxylic acids is 1. The highest BCUT2D eigenvalue weighted by molar-refractivity contribution is 7.98. The zero-order valence-corrected chi connectivity index (χ0v) is 15.4. The fourth-order valence-electron chi connectivity index (χ4n) is 2.67. The predicted molar refractivity (Wildman–Crippen MR) is 96.3 cm³/mol. The highest BCUT2D eigenvalue weighted by atomic mass is 32.2. The normalized spacial score (nSPS) is 12.4. The van der Waals surface area contributed by atoms with Crippen molar-refractivity contribution in [2.75, 3.05) is 18.6 Å². The Morgan fingerprint density at radius 1 is 1.50 bits per heavy atom. The third-order valence-corrected chi connectivity index (χ3v) is 4.63. The molecule has 1 unspecified atom stereocenters. The Balaban J connectivity index is 2.15. The Labute approximate surface area is 146 Å². The Morgan fingerprint density at radius 2 is 2.25 bits per heavy atom. The van der Waals surface area contributed by atoms with Gasteiger partial charge in [0.1, 0.15) is 5.69 Å². The summed E-state index contributed by atoms with van der Waals surface area (Å²) in [6.07, 6.45) is 2.73. The molecule has 2 heterocycles. The number of hydrogen-bond acceptors (Lipinski definition) is 5. The highest BCUT2D eigenvalue weighted by Crippen LogP contribution is 2.25. The topological polar surface area (TPSA) is 95.8 Å². The number of aromatic amines is 1. The summed E-state index contributed by atoms with van der Waals surface area (Å²) in [5.74, 6) is 0.626. The first kappa shape index (κ1) is 18.5. The molecule has 2 aromatic heterocycles. The van der Waals surface area contributed by atoms with Crippen molar-refractivity contribution in [3.05, 3.63) is 23.1 Å². The van der Waals surface area contributed by atoms with Gasteiger partial charge in [0.15, 0.2) is 0 Å². The summed E-state index contributed by atoms with van der Waals surface area (Å²) in [6.45, 7) is 6.69. The summed E-state index contributed by atoms with van der Waals surface area (Å²) in [4.78, 5) is 12.3. The van der Waals surface area contributed by atoms with E-state index in [-0.39, 0.29) is 18.6 Å². The number of aryl methyl sites for hydroxylation is 2. The fourth-order valence-corrected chi connectivity index (χ4v) is 3.19. The van der Waals surface area contributed by atoms with Gasteiger partial charge in [-0.05, 0) is 45.3 Å². The molecule has 0 aliphatic rings. The van der Waals surface area contributed by atoms with Crippen molar-refractivity contribution in [2.45, 2.75) is 39.8 Å². The monoisotopic (exact) mass is 351 g/mol. The second-order valence-corrected chi connectivity index (χ2v) is 6.65. The van der Waals surface area contributed by atoms with Gasteiger partial charge in [0.2, 0.25) is 0 Å². The molecule has 7 nitrogen and oxygen atoms in total. The first-order valence-electron chi connectivity index (χ1n) is 8.02. The molecule has 0 saturated heterocycles. The standard InChI is InChI=1S/C16H25N5O2S/c1-5-21-11(3)15(10(2)20-21)13-8-14(19-18-13)16(23)17-12(9-22)6-7-24-4/h8,12,22H,5-7,9H2,1-4H3,(H,17,23)(H,18,19). The average Bonchev–Trinajstić information content (AvgIpc) is 3.15. The van der Waals surface area contributed by atoms with Crippen LogP contribution in [-0.2, 0) is 6.54 Å². The number of amides is 1. The number of thioether (sulfide) groups is 1. The molecule has 2 aromatic rings. The summed E-state index contributed by atoms with van der Waals surface area (Å²) in [5, 5.41) is 23.7. The predicted octanol–water partition coefficient (Wildman–Crippen LogP) is 1.75. The zero-order valence-electron chi connectivity index (χ0n) is 14.6. The van der Waals surface area contributed by atoms with Gasteiger partial charge in [-0.3, -0.25) is 14.6 Å². The molecule has 0 aliphatic carbocycles. The smallest absolute Gasteiger partial charge is 0.269 e. The second kappa shape index (κ2) is 8.34. The molecule has 3 N–H and O–H groups in total.